The molecule has 0 aromatic carbocycles. The summed E-state index contributed by atoms with van der Waals surface area (Å²) in [6.45, 7) is 13.2. The summed E-state index contributed by atoms with van der Waals surface area (Å²) in [6, 6.07) is -1.46. The molecular formula is C23H41NO9. The van der Waals surface area contributed by atoms with E-state index in [1.807, 2.05) is 20.8 Å². The number of carboxylic acids is 1. The number of carboxylic acid groups (broad SMARTS) is 1. The Bertz CT molecular complexity index is 655. The number of nitrogens with one attached hydrogen (secondary N) is 1. The van der Waals surface area contributed by atoms with Crippen molar-refractivity contribution in [1.29, 1.82) is 0 Å². The Morgan fingerprint density at radius 1 is 1.00 bits per heavy atom. The number of aliphatic hydroxyl groups is 1. The van der Waals surface area contributed by atoms with Crippen molar-refractivity contribution in [2.24, 2.45) is 11.8 Å². The zero-order valence-electron chi connectivity index (χ0n) is 21.0. The first-order chi connectivity index (χ1) is 15.1. The van der Waals surface area contributed by atoms with Gasteiger partial charge < -0.3 is 29.7 Å². The van der Waals surface area contributed by atoms with E-state index in [-0.39, 0.29) is 18.8 Å². The van der Waals surface area contributed by atoms with Crippen LogP contribution in [0.1, 0.15) is 81.1 Å². The maximum atomic E-state index is 12.7. The van der Waals surface area contributed by atoms with E-state index in [0.29, 0.717) is 6.42 Å². The molecule has 0 bridgehead atoms. The lowest BCUT2D eigenvalue weighted by molar-refractivity contribution is -0.179. The molecule has 0 aromatic rings. The minimum Gasteiger partial charge on any atom is -0.481 e. The second kappa shape index (κ2) is 14.0. The number of hydrogen-bond acceptors (Lipinski definition) is 8. The standard InChI is InChI=1S/C23H41NO9/c1-9-10-11-16(20(27)28)19(32-17(26)12-13(2)3)15(5)31-21(29)18(14(4)25)24-22(30)33-23(6,7)8/h13-16,18-19,25H,9-12H2,1-8H3,(H,24,30)(H,27,28)/t14-,15+,16-,18+,19+/m1/s1. The highest BCUT2D eigenvalue weighted by molar-refractivity contribution is 5.82. The molecule has 0 heterocycles. The maximum Gasteiger partial charge on any atom is 0.408 e. The van der Waals surface area contributed by atoms with Crippen molar-refractivity contribution in [3.8, 4) is 0 Å². The largest absolute Gasteiger partial charge is 0.481 e. The van der Waals surface area contributed by atoms with Gasteiger partial charge in [0, 0.05) is 6.42 Å². The van der Waals surface area contributed by atoms with Gasteiger partial charge in [-0.25, -0.2) is 9.59 Å². The fraction of sp³-hybridized carbons (Fsp3) is 0.826. The monoisotopic (exact) mass is 475 g/mol. The Kier molecular flexibility index (Phi) is 13.0. The van der Waals surface area contributed by atoms with Gasteiger partial charge in [-0.2, -0.15) is 0 Å². The number of rotatable bonds is 13. The van der Waals surface area contributed by atoms with Crippen LogP contribution in [0.5, 0.6) is 0 Å². The molecule has 0 unspecified atom stereocenters. The smallest absolute Gasteiger partial charge is 0.408 e. The Hall–Kier alpha value is -2.36. The Morgan fingerprint density at radius 2 is 1.58 bits per heavy atom. The third kappa shape index (κ3) is 12.5. The second-order valence-corrected chi connectivity index (χ2v) is 9.65. The van der Waals surface area contributed by atoms with Crippen molar-refractivity contribution < 1.29 is 43.6 Å². The predicted octanol–water partition coefficient (Wildman–Crippen LogP) is 3.04. The summed E-state index contributed by atoms with van der Waals surface area (Å²) in [5, 5.41) is 22.0. The van der Waals surface area contributed by atoms with Crippen LogP contribution in [0, 0.1) is 11.8 Å². The molecule has 0 aliphatic carbocycles. The molecule has 0 aromatic heterocycles. The summed E-state index contributed by atoms with van der Waals surface area (Å²) < 4.78 is 15.9. The molecule has 192 valence electrons. The number of amides is 1. The normalized spacial score (nSPS) is 16.2. The van der Waals surface area contributed by atoms with Crippen molar-refractivity contribution in [3.63, 3.8) is 0 Å². The van der Waals surface area contributed by atoms with Gasteiger partial charge in [-0.15, -0.1) is 0 Å². The minimum absolute atomic E-state index is 0.00688. The van der Waals surface area contributed by atoms with Crippen LogP contribution in [0.3, 0.4) is 0 Å². The molecule has 33 heavy (non-hydrogen) atoms. The summed E-state index contributed by atoms with van der Waals surface area (Å²) >= 11 is 0. The number of aliphatic hydroxyl groups excluding tert-OH is 1. The number of ether oxygens (including phenoxy) is 3. The van der Waals surface area contributed by atoms with Crippen molar-refractivity contribution in [3.05, 3.63) is 0 Å². The van der Waals surface area contributed by atoms with Gasteiger partial charge in [0.1, 0.15) is 11.7 Å². The Labute approximate surface area is 196 Å². The van der Waals surface area contributed by atoms with Crippen LogP contribution in [-0.2, 0) is 28.6 Å². The maximum absolute atomic E-state index is 12.7. The van der Waals surface area contributed by atoms with Gasteiger partial charge in [-0.05, 0) is 47.0 Å². The van der Waals surface area contributed by atoms with Gasteiger partial charge in [0.05, 0.1) is 12.0 Å². The lowest BCUT2D eigenvalue weighted by Gasteiger charge is -2.31. The first-order valence-electron chi connectivity index (χ1n) is 11.4. The molecule has 0 rings (SSSR count). The van der Waals surface area contributed by atoms with E-state index in [4.69, 9.17) is 14.2 Å². The van der Waals surface area contributed by atoms with E-state index in [1.165, 1.54) is 13.8 Å². The number of aliphatic carboxylic acids is 1. The van der Waals surface area contributed by atoms with Crippen molar-refractivity contribution >= 4 is 24.0 Å². The first-order valence-corrected chi connectivity index (χ1v) is 11.4. The molecule has 0 aliphatic rings. The van der Waals surface area contributed by atoms with E-state index >= 15 is 0 Å². The average molecular weight is 476 g/mol. The molecular weight excluding hydrogens is 434 g/mol. The SMILES string of the molecule is CCCC[C@@H](C(=O)O)[C@@H](OC(=O)CC(C)C)[C@H](C)OC(=O)[C@@H](NC(=O)OC(C)(C)C)[C@@H](C)O. The zero-order valence-corrected chi connectivity index (χ0v) is 21.0. The summed E-state index contributed by atoms with van der Waals surface area (Å²) in [4.78, 5) is 49.0. The number of carbonyl (C=O) groups is 4. The molecule has 0 aliphatic heterocycles. The zero-order chi connectivity index (χ0) is 25.9. The summed E-state index contributed by atoms with van der Waals surface area (Å²) in [5.41, 5.74) is -0.825. The van der Waals surface area contributed by atoms with Crippen LogP contribution in [0.15, 0.2) is 0 Å². The topological polar surface area (TPSA) is 148 Å². The fourth-order valence-electron chi connectivity index (χ4n) is 3.03. The number of carbonyl (C=O) groups excluding carboxylic acids is 3. The summed E-state index contributed by atoms with van der Waals surface area (Å²) in [7, 11) is 0. The third-order valence-electron chi connectivity index (χ3n) is 4.60. The predicted molar refractivity (Wildman–Crippen MR) is 120 cm³/mol. The average Bonchev–Trinajstić information content (AvgIpc) is 2.62. The highest BCUT2D eigenvalue weighted by Crippen LogP contribution is 2.23. The Morgan fingerprint density at radius 3 is 2.00 bits per heavy atom. The van der Waals surface area contributed by atoms with Crippen molar-refractivity contribution in [2.45, 2.75) is 111 Å². The van der Waals surface area contributed by atoms with E-state index in [1.54, 1.807) is 20.8 Å². The van der Waals surface area contributed by atoms with Crippen LogP contribution in [0.2, 0.25) is 0 Å². The van der Waals surface area contributed by atoms with Gasteiger partial charge in [0.2, 0.25) is 0 Å². The van der Waals surface area contributed by atoms with Gasteiger partial charge in [0.25, 0.3) is 0 Å². The molecule has 10 nitrogen and oxygen atoms in total. The van der Waals surface area contributed by atoms with Crippen LogP contribution >= 0.6 is 0 Å². The van der Waals surface area contributed by atoms with Gasteiger partial charge in [-0.1, -0.05) is 33.6 Å². The summed E-state index contributed by atoms with van der Waals surface area (Å²) in [5.74, 6) is -3.87. The highest BCUT2D eigenvalue weighted by Gasteiger charge is 2.39. The molecule has 10 heteroatoms. The van der Waals surface area contributed by atoms with Crippen LogP contribution < -0.4 is 5.32 Å². The van der Waals surface area contributed by atoms with Crippen molar-refractivity contribution in [2.75, 3.05) is 0 Å². The fourth-order valence-corrected chi connectivity index (χ4v) is 3.03. The molecule has 0 radical (unpaired) electrons. The molecule has 0 fully saturated rings. The Balaban J connectivity index is 5.62. The lowest BCUT2D eigenvalue weighted by Crippen LogP contribution is -2.52. The minimum atomic E-state index is -1.46. The molecule has 5 atom stereocenters. The molecule has 1 amide bonds. The number of unbranched alkanes of at least 4 members (excludes halogenated alkanes) is 1. The van der Waals surface area contributed by atoms with E-state index < -0.39 is 59.9 Å². The first kappa shape index (κ1) is 30.6. The van der Waals surface area contributed by atoms with Crippen LogP contribution in [-0.4, -0.2) is 64.2 Å². The van der Waals surface area contributed by atoms with E-state index in [2.05, 4.69) is 5.32 Å². The van der Waals surface area contributed by atoms with E-state index in [0.717, 1.165) is 6.42 Å². The highest BCUT2D eigenvalue weighted by atomic mass is 16.6. The van der Waals surface area contributed by atoms with Gasteiger partial charge >= 0.3 is 24.0 Å². The van der Waals surface area contributed by atoms with Crippen LogP contribution in [0.25, 0.3) is 0 Å². The molecule has 0 saturated carbocycles. The van der Waals surface area contributed by atoms with Crippen molar-refractivity contribution in [1.82, 2.24) is 5.32 Å². The van der Waals surface area contributed by atoms with Crippen LogP contribution in [0.4, 0.5) is 4.79 Å². The number of hydrogen-bond donors (Lipinski definition) is 3. The van der Waals surface area contributed by atoms with Gasteiger partial charge in [0.15, 0.2) is 12.1 Å². The number of esters is 2. The molecule has 0 saturated heterocycles. The lowest BCUT2D eigenvalue weighted by atomic mass is 9.92. The second-order valence-electron chi connectivity index (χ2n) is 9.65. The quantitative estimate of drug-likeness (QED) is 0.270. The van der Waals surface area contributed by atoms with Gasteiger partial charge in [-0.3, -0.25) is 9.59 Å². The molecule has 0 spiro atoms. The third-order valence-corrected chi connectivity index (χ3v) is 4.60. The number of alkyl carbamates (subject to hydrolysis) is 1. The molecule has 3 N–H and O–H groups in total. The van der Waals surface area contributed by atoms with E-state index in [9.17, 15) is 29.4 Å². The summed E-state index contributed by atoms with van der Waals surface area (Å²) in [6.07, 6.45) is -3.02.